The molecule has 144 valence electrons. The zero-order valence-corrected chi connectivity index (χ0v) is 16.1. The molecule has 0 saturated carbocycles. The molecule has 2 heterocycles. The Balaban J connectivity index is 1.53. The van der Waals surface area contributed by atoms with Crippen LogP contribution in [0.25, 0.3) is 11.4 Å². The Kier molecular flexibility index (Phi) is 4.92. The minimum absolute atomic E-state index is 0.0638. The van der Waals surface area contributed by atoms with Crippen molar-refractivity contribution in [3.63, 3.8) is 0 Å². The van der Waals surface area contributed by atoms with Gasteiger partial charge in [0, 0.05) is 16.7 Å². The summed E-state index contributed by atoms with van der Waals surface area (Å²) in [5.41, 5.74) is 1.42. The number of amides is 1. The second-order valence-corrected chi connectivity index (χ2v) is 7.02. The Bertz CT molecular complexity index is 1000. The normalized spacial score (nSPS) is 13.4. The van der Waals surface area contributed by atoms with Gasteiger partial charge < -0.3 is 14.0 Å². The van der Waals surface area contributed by atoms with Gasteiger partial charge in [-0.25, -0.2) is 0 Å². The van der Waals surface area contributed by atoms with E-state index in [2.05, 4.69) is 10.1 Å². The van der Waals surface area contributed by atoms with Gasteiger partial charge in [-0.3, -0.25) is 9.69 Å². The summed E-state index contributed by atoms with van der Waals surface area (Å²) in [5.74, 6) is 1.91. The van der Waals surface area contributed by atoms with Crippen LogP contribution in [0.2, 0.25) is 5.02 Å². The molecule has 0 spiro atoms. The molecule has 0 N–H and O–H groups in total. The highest BCUT2D eigenvalue weighted by atomic mass is 35.5. The molecule has 0 saturated heterocycles. The molecule has 3 aromatic rings. The first-order valence-corrected chi connectivity index (χ1v) is 9.20. The van der Waals surface area contributed by atoms with Crippen molar-refractivity contribution in [2.75, 3.05) is 11.5 Å². The van der Waals surface area contributed by atoms with E-state index in [1.54, 1.807) is 23.1 Å². The number of hydrogen-bond donors (Lipinski definition) is 0. The van der Waals surface area contributed by atoms with Gasteiger partial charge in [-0.05, 0) is 50.2 Å². The molecule has 0 fully saturated rings. The first-order valence-electron chi connectivity index (χ1n) is 8.82. The lowest BCUT2D eigenvalue weighted by molar-refractivity contribution is -0.121. The van der Waals surface area contributed by atoms with Gasteiger partial charge in [0.15, 0.2) is 6.61 Å². The van der Waals surface area contributed by atoms with Crippen LogP contribution in [0.5, 0.6) is 11.5 Å². The minimum atomic E-state index is -0.190. The summed E-state index contributed by atoms with van der Waals surface area (Å²) in [4.78, 5) is 18.3. The van der Waals surface area contributed by atoms with Crippen LogP contribution in [0.4, 0.5) is 5.69 Å². The monoisotopic (exact) mass is 399 g/mol. The number of aromatic nitrogens is 2. The molecule has 0 aliphatic carbocycles. The molecule has 4 rings (SSSR count). The Morgan fingerprint density at radius 3 is 2.75 bits per heavy atom. The van der Waals surface area contributed by atoms with Gasteiger partial charge >= 0.3 is 0 Å². The van der Waals surface area contributed by atoms with Gasteiger partial charge in [0.2, 0.25) is 11.7 Å². The van der Waals surface area contributed by atoms with E-state index in [1.165, 1.54) is 0 Å². The van der Waals surface area contributed by atoms with Gasteiger partial charge in [-0.15, -0.1) is 0 Å². The molecule has 0 radical (unpaired) electrons. The van der Waals surface area contributed by atoms with Crippen molar-refractivity contribution in [3.8, 4) is 22.9 Å². The maximum Gasteiger partial charge on any atom is 0.265 e. The molecule has 0 unspecified atom stereocenters. The number of fused-ring (bicyclic) bond motifs is 1. The van der Waals surface area contributed by atoms with E-state index >= 15 is 0 Å². The number of ether oxygens (including phenoxy) is 2. The Hall–Kier alpha value is -3.06. The van der Waals surface area contributed by atoms with Gasteiger partial charge in [0.05, 0.1) is 11.8 Å². The van der Waals surface area contributed by atoms with Crippen molar-refractivity contribution in [1.82, 2.24) is 10.1 Å². The van der Waals surface area contributed by atoms with Crippen LogP contribution >= 0.6 is 11.6 Å². The number of halogens is 1. The van der Waals surface area contributed by atoms with Crippen LogP contribution in [0.3, 0.4) is 0 Å². The Morgan fingerprint density at radius 2 is 2.00 bits per heavy atom. The van der Waals surface area contributed by atoms with Crippen molar-refractivity contribution in [3.05, 3.63) is 53.4 Å². The molecule has 8 heteroatoms. The minimum Gasteiger partial charge on any atom is -0.491 e. The number of carbonyl (C=O) groups is 1. The highest BCUT2D eigenvalue weighted by Gasteiger charge is 2.27. The van der Waals surface area contributed by atoms with E-state index in [0.29, 0.717) is 28.2 Å². The molecule has 28 heavy (non-hydrogen) atoms. The quantitative estimate of drug-likeness (QED) is 0.642. The average Bonchev–Trinajstić information content (AvgIpc) is 3.13. The van der Waals surface area contributed by atoms with Crippen LogP contribution in [-0.4, -0.2) is 28.8 Å². The summed E-state index contributed by atoms with van der Waals surface area (Å²) in [6.07, 6.45) is 0.103. The van der Waals surface area contributed by atoms with E-state index in [9.17, 15) is 4.79 Å². The zero-order valence-electron chi connectivity index (χ0n) is 15.4. The molecule has 1 aliphatic heterocycles. The predicted molar refractivity (Wildman–Crippen MR) is 104 cm³/mol. The van der Waals surface area contributed by atoms with E-state index in [-0.39, 0.29) is 25.2 Å². The van der Waals surface area contributed by atoms with Crippen molar-refractivity contribution in [2.24, 2.45) is 0 Å². The first kappa shape index (κ1) is 18.3. The topological polar surface area (TPSA) is 77.7 Å². The maximum absolute atomic E-state index is 12.3. The smallest absolute Gasteiger partial charge is 0.265 e. The molecule has 0 atom stereocenters. The lowest BCUT2D eigenvalue weighted by Gasteiger charge is -2.28. The van der Waals surface area contributed by atoms with Gasteiger partial charge in [0.25, 0.3) is 5.91 Å². The highest BCUT2D eigenvalue weighted by molar-refractivity contribution is 6.30. The van der Waals surface area contributed by atoms with Gasteiger partial charge in [0.1, 0.15) is 18.0 Å². The highest BCUT2D eigenvalue weighted by Crippen LogP contribution is 2.35. The standard InChI is InChI=1S/C20H18ClN3O4/c1-12(2)27-15-6-3-13(4-7-15)20-22-18(28-23-20)10-24-16-8-5-14(21)9-17(16)26-11-19(24)25/h3-9,12H,10-11H2,1-2H3. The first-order chi connectivity index (χ1) is 13.5. The lowest BCUT2D eigenvalue weighted by atomic mass is 10.2. The number of rotatable bonds is 5. The summed E-state index contributed by atoms with van der Waals surface area (Å²) in [7, 11) is 0. The summed E-state index contributed by atoms with van der Waals surface area (Å²) in [6, 6.07) is 12.6. The van der Waals surface area contributed by atoms with E-state index < -0.39 is 0 Å². The zero-order chi connectivity index (χ0) is 19.7. The van der Waals surface area contributed by atoms with Crippen LogP contribution in [0.1, 0.15) is 19.7 Å². The fourth-order valence-corrected chi connectivity index (χ4v) is 3.04. The maximum atomic E-state index is 12.3. The molecule has 1 amide bonds. The molecule has 0 bridgehead atoms. The third-order valence-corrected chi connectivity index (χ3v) is 4.35. The van der Waals surface area contributed by atoms with E-state index in [1.807, 2.05) is 38.1 Å². The second kappa shape index (κ2) is 7.52. The third kappa shape index (κ3) is 3.80. The summed E-state index contributed by atoms with van der Waals surface area (Å²) in [5, 5.41) is 4.56. The second-order valence-electron chi connectivity index (χ2n) is 6.58. The lowest BCUT2D eigenvalue weighted by Crippen LogP contribution is -2.38. The summed E-state index contributed by atoms with van der Waals surface area (Å²) >= 11 is 6.00. The molecule has 7 nitrogen and oxygen atoms in total. The molecule has 1 aromatic heterocycles. The van der Waals surface area contributed by atoms with E-state index in [4.69, 9.17) is 25.6 Å². The van der Waals surface area contributed by atoms with Crippen LogP contribution < -0.4 is 14.4 Å². The van der Waals surface area contributed by atoms with Gasteiger partial charge in [-0.1, -0.05) is 16.8 Å². The number of benzene rings is 2. The number of hydrogen-bond acceptors (Lipinski definition) is 6. The van der Waals surface area contributed by atoms with Crippen molar-refractivity contribution in [1.29, 1.82) is 0 Å². The van der Waals surface area contributed by atoms with Gasteiger partial charge in [-0.2, -0.15) is 4.98 Å². The summed E-state index contributed by atoms with van der Waals surface area (Å²) in [6.45, 7) is 4.03. The third-order valence-electron chi connectivity index (χ3n) is 4.11. The van der Waals surface area contributed by atoms with Crippen molar-refractivity contribution in [2.45, 2.75) is 26.5 Å². The number of anilines is 1. The fraction of sp³-hybridized carbons (Fsp3) is 0.250. The Morgan fingerprint density at radius 1 is 1.21 bits per heavy atom. The fourth-order valence-electron chi connectivity index (χ4n) is 2.88. The number of carbonyl (C=O) groups excluding carboxylic acids is 1. The van der Waals surface area contributed by atoms with Crippen LogP contribution in [-0.2, 0) is 11.3 Å². The van der Waals surface area contributed by atoms with E-state index in [0.717, 1.165) is 11.3 Å². The van der Waals surface area contributed by atoms with Crippen LogP contribution in [0, 0.1) is 0 Å². The summed E-state index contributed by atoms with van der Waals surface area (Å²) < 4.78 is 16.4. The largest absolute Gasteiger partial charge is 0.491 e. The van der Waals surface area contributed by atoms with Crippen molar-refractivity contribution < 1.29 is 18.8 Å². The molecule has 1 aliphatic rings. The molecular weight excluding hydrogens is 382 g/mol. The SMILES string of the molecule is CC(C)Oc1ccc(-c2noc(CN3C(=O)COc4cc(Cl)ccc43)n2)cc1. The Labute approximate surface area is 166 Å². The van der Waals surface area contributed by atoms with Crippen molar-refractivity contribution >= 4 is 23.2 Å². The molecule has 2 aromatic carbocycles. The molecular formula is C20H18ClN3O4. The average molecular weight is 400 g/mol. The predicted octanol–water partition coefficient (Wildman–Crippen LogP) is 4.10. The van der Waals surface area contributed by atoms with Crippen LogP contribution in [0.15, 0.2) is 47.0 Å². The number of nitrogens with zero attached hydrogens (tertiary/aromatic N) is 3.